The second kappa shape index (κ2) is 8.05. The molecule has 0 aromatic heterocycles. The third-order valence-corrected chi connectivity index (χ3v) is 12.2. The van der Waals surface area contributed by atoms with Crippen LogP contribution in [0.5, 0.6) is 0 Å². The molecule has 1 saturated heterocycles. The zero-order chi connectivity index (χ0) is 27.5. The molecule has 0 unspecified atom stereocenters. The van der Waals surface area contributed by atoms with Gasteiger partial charge >= 0.3 is 5.97 Å². The number of nitrogens with zero attached hydrogens (tertiary/aromatic N) is 1. The van der Waals surface area contributed by atoms with Gasteiger partial charge in [-0.2, -0.15) is 0 Å². The minimum Gasteiger partial charge on any atom is -0.481 e. The second-order valence-electron chi connectivity index (χ2n) is 14.0. The molecular formula is C34H39NO4. The van der Waals surface area contributed by atoms with Crippen LogP contribution in [0, 0.1) is 51.8 Å². The van der Waals surface area contributed by atoms with E-state index in [4.69, 9.17) is 0 Å². The number of allylic oxidation sites excluding steroid dienone is 2. The van der Waals surface area contributed by atoms with Crippen LogP contribution in [0.1, 0.15) is 66.2 Å². The number of hydrogen-bond acceptors (Lipinski definition) is 3. The number of benzene rings is 2. The van der Waals surface area contributed by atoms with Crippen molar-refractivity contribution in [2.75, 3.05) is 4.90 Å². The van der Waals surface area contributed by atoms with Crippen LogP contribution in [-0.4, -0.2) is 22.9 Å². The van der Waals surface area contributed by atoms with Gasteiger partial charge < -0.3 is 5.11 Å². The van der Waals surface area contributed by atoms with E-state index in [0.717, 1.165) is 49.3 Å². The van der Waals surface area contributed by atoms with Gasteiger partial charge in [0.1, 0.15) is 0 Å². The van der Waals surface area contributed by atoms with Crippen molar-refractivity contribution < 1.29 is 19.5 Å². The van der Waals surface area contributed by atoms with Gasteiger partial charge in [-0.3, -0.25) is 14.4 Å². The van der Waals surface area contributed by atoms with Gasteiger partial charge in [-0.25, -0.2) is 4.90 Å². The van der Waals surface area contributed by atoms with Crippen molar-refractivity contribution in [3.05, 3.63) is 54.1 Å². The van der Waals surface area contributed by atoms with Gasteiger partial charge in [-0.15, -0.1) is 0 Å². The van der Waals surface area contributed by atoms with Crippen LogP contribution in [-0.2, 0) is 14.4 Å². The van der Waals surface area contributed by atoms with E-state index in [1.165, 1.54) is 10.5 Å². The number of carbonyl (C=O) groups excluding carboxylic acids is 2. The van der Waals surface area contributed by atoms with Crippen LogP contribution in [0.2, 0.25) is 0 Å². The molecule has 5 nitrogen and oxygen atoms in total. The standard InChI is InChI=1S/C34H39NO4/c1-19(2)23-18-34-16-13-25-32(3,14-8-15-33(25,4)31(38)39)26(34)17-22(23)27-28(34)30(37)35(29(27)36)24-12-7-10-20-9-5-6-11-21(20)24/h5-7,9-12,18-19,22,25-28H,8,13-17H2,1-4H3,(H,38,39)/t22-,25-,26+,27-,28+,32+,33-,34+/m1/s1. The minimum absolute atomic E-state index is 0.0342. The molecule has 8 rings (SSSR count). The van der Waals surface area contributed by atoms with Gasteiger partial charge in [0.2, 0.25) is 11.8 Å². The largest absolute Gasteiger partial charge is 0.481 e. The summed E-state index contributed by atoms with van der Waals surface area (Å²) in [6.07, 6.45) is 7.53. The van der Waals surface area contributed by atoms with Gasteiger partial charge in [0.15, 0.2) is 0 Å². The van der Waals surface area contributed by atoms with Crippen molar-refractivity contribution in [3.8, 4) is 0 Å². The topological polar surface area (TPSA) is 74.7 Å². The van der Waals surface area contributed by atoms with E-state index >= 15 is 0 Å². The Morgan fingerprint density at radius 2 is 1.72 bits per heavy atom. The second-order valence-corrected chi connectivity index (χ2v) is 14.0. The molecule has 6 aliphatic rings. The van der Waals surface area contributed by atoms with Crippen LogP contribution in [0.25, 0.3) is 10.8 Å². The molecule has 2 aromatic carbocycles. The number of carboxylic acids is 1. The summed E-state index contributed by atoms with van der Waals surface area (Å²) in [7, 11) is 0. The van der Waals surface area contributed by atoms with E-state index in [0.29, 0.717) is 11.6 Å². The van der Waals surface area contributed by atoms with E-state index in [1.807, 2.05) is 49.4 Å². The van der Waals surface area contributed by atoms with Crippen molar-refractivity contribution in [3.63, 3.8) is 0 Å². The molecule has 4 fully saturated rings. The lowest BCUT2D eigenvalue weighted by Crippen LogP contribution is -2.65. The monoisotopic (exact) mass is 525 g/mol. The number of imide groups is 1. The highest BCUT2D eigenvalue weighted by atomic mass is 16.4. The Balaban J connectivity index is 1.38. The van der Waals surface area contributed by atoms with E-state index < -0.39 is 16.8 Å². The molecule has 5 aliphatic carbocycles. The van der Waals surface area contributed by atoms with Gasteiger partial charge in [0, 0.05) is 10.8 Å². The van der Waals surface area contributed by atoms with Gasteiger partial charge in [0.05, 0.1) is 22.9 Å². The zero-order valence-corrected chi connectivity index (χ0v) is 23.4. The Hall–Kier alpha value is -2.95. The Morgan fingerprint density at radius 1 is 0.974 bits per heavy atom. The Morgan fingerprint density at radius 3 is 2.46 bits per heavy atom. The van der Waals surface area contributed by atoms with E-state index in [1.54, 1.807) is 0 Å². The molecule has 0 radical (unpaired) electrons. The number of rotatable bonds is 3. The summed E-state index contributed by atoms with van der Waals surface area (Å²) < 4.78 is 0. The summed E-state index contributed by atoms with van der Waals surface area (Å²) in [4.78, 5) is 43.1. The number of amides is 2. The van der Waals surface area contributed by atoms with E-state index in [-0.39, 0.29) is 46.8 Å². The van der Waals surface area contributed by atoms with Crippen LogP contribution >= 0.6 is 0 Å². The first-order valence-electron chi connectivity index (χ1n) is 14.9. The first-order chi connectivity index (χ1) is 18.5. The lowest BCUT2D eigenvalue weighted by atomic mass is 9.34. The average molecular weight is 526 g/mol. The maximum Gasteiger partial charge on any atom is 0.309 e. The molecule has 2 bridgehead atoms. The molecule has 2 aromatic rings. The number of anilines is 1. The van der Waals surface area contributed by atoms with Gasteiger partial charge in [-0.05, 0) is 79.6 Å². The summed E-state index contributed by atoms with van der Waals surface area (Å²) in [6.45, 7) is 8.71. The lowest BCUT2D eigenvalue weighted by Gasteiger charge is -2.68. The quantitative estimate of drug-likeness (QED) is 0.351. The van der Waals surface area contributed by atoms with Crippen molar-refractivity contribution in [1.82, 2.24) is 0 Å². The predicted molar refractivity (Wildman–Crippen MR) is 151 cm³/mol. The van der Waals surface area contributed by atoms with E-state index in [2.05, 4.69) is 26.8 Å². The minimum atomic E-state index is -0.736. The fourth-order valence-corrected chi connectivity index (χ4v) is 10.6. The summed E-state index contributed by atoms with van der Waals surface area (Å²) in [5.41, 5.74) is 0.744. The Kier molecular flexibility index (Phi) is 5.17. The van der Waals surface area contributed by atoms with Crippen LogP contribution < -0.4 is 4.90 Å². The fourth-order valence-electron chi connectivity index (χ4n) is 10.6. The highest BCUT2D eigenvalue weighted by Gasteiger charge is 2.73. The molecular weight excluding hydrogens is 486 g/mol. The average Bonchev–Trinajstić information content (AvgIpc) is 3.19. The third-order valence-electron chi connectivity index (χ3n) is 12.2. The molecule has 1 heterocycles. The highest BCUT2D eigenvalue weighted by Crippen LogP contribution is 2.74. The molecule has 39 heavy (non-hydrogen) atoms. The summed E-state index contributed by atoms with van der Waals surface area (Å²) in [5.74, 6) is -0.828. The van der Waals surface area contributed by atoms with E-state index in [9.17, 15) is 19.5 Å². The van der Waals surface area contributed by atoms with Crippen LogP contribution in [0.4, 0.5) is 5.69 Å². The maximum atomic E-state index is 14.6. The smallest absolute Gasteiger partial charge is 0.309 e. The number of carboxylic acid groups (broad SMARTS) is 1. The van der Waals surface area contributed by atoms with Crippen molar-refractivity contribution in [2.24, 2.45) is 51.8 Å². The molecule has 1 N–H and O–H groups in total. The van der Waals surface area contributed by atoms with Gasteiger partial charge in [0.25, 0.3) is 0 Å². The summed E-state index contributed by atoms with van der Waals surface area (Å²) >= 11 is 0. The first-order valence-corrected chi connectivity index (χ1v) is 14.9. The molecule has 8 atom stereocenters. The number of fused-ring (bicyclic) bond motifs is 2. The summed E-state index contributed by atoms with van der Waals surface area (Å²) in [5, 5.41) is 12.3. The highest BCUT2D eigenvalue weighted by molar-refractivity contribution is 6.25. The number of carbonyl (C=O) groups is 3. The van der Waals surface area contributed by atoms with Crippen molar-refractivity contribution >= 4 is 34.2 Å². The third kappa shape index (κ3) is 3.00. The molecule has 3 saturated carbocycles. The molecule has 1 spiro atoms. The maximum absolute atomic E-state index is 14.6. The molecule has 204 valence electrons. The first kappa shape index (κ1) is 25.0. The zero-order valence-electron chi connectivity index (χ0n) is 23.4. The van der Waals surface area contributed by atoms with Crippen LogP contribution in [0.3, 0.4) is 0 Å². The molecule has 1 aliphatic heterocycles. The Labute approximate surface area is 230 Å². The predicted octanol–water partition coefficient (Wildman–Crippen LogP) is 6.86. The van der Waals surface area contributed by atoms with Crippen LogP contribution in [0.15, 0.2) is 54.1 Å². The van der Waals surface area contributed by atoms with Crippen molar-refractivity contribution in [1.29, 1.82) is 0 Å². The number of hydrogen-bond donors (Lipinski definition) is 1. The number of aliphatic carboxylic acids is 1. The molecule has 2 amide bonds. The SMILES string of the molecule is CC(C)C1=C[C@@]23CC[C@@H]4[C@](C)(CCC[C@@]4(C)C(=O)O)[C@@H]2C[C@H]1[C@H]1C(=O)N(c2cccc4ccccc24)C(=O)[C@H]13. The normalized spacial score (nSPS) is 40.9. The Bertz CT molecular complexity index is 1450. The summed E-state index contributed by atoms with van der Waals surface area (Å²) in [6, 6.07) is 13.9. The van der Waals surface area contributed by atoms with Crippen molar-refractivity contribution in [2.45, 2.75) is 66.2 Å². The fraction of sp³-hybridized carbons (Fsp3) is 0.559. The molecule has 5 heteroatoms. The lowest BCUT2D eigenvalue weighted by molar-refractivity contribution is -0.194. The van der Waals surface area contributed by atoms with Gasteiger partial charge in [-0.1, -0.05) is 75.2 Å².